The second-order valence-electron chi connectivity index (χ2n) is 5.65. The van der Waals surface area contributed by atoms with Gasteiger partial charge in [0.25, 0.3) is 5.91 Å². The number of rotatable bonds is 4. The van der Waals surface area contributed by atoms with Gasteiger partial charge in [0.15, 0.2) is 5.65 Å². The summed E-state index contributed by atoms with van der Waals surface area (Å²) in [6.45, 7) is 0.259. The van der Waals surface area contributed by atoms with E-state index in [1.54, 1.807) is 19.4 Å². The number of hydrogen-bond donors (Lipinski definition) is 2. The third-order valence-corrected chi connectivity index (χ3v) is 4.33. The summed E-state index contributed by atoms with van der Waals surface area (Å²) in [6, 6.07) is 10.9. The number of pyridine rings is 2. The van der Waals surface area contributed by atoms with E-state index in [4.69, 9.17) is 4.74 Å². The molecule has 0 saturated heterocycles. The molecule has 1 amide bonds. The van der Waals surface area contributed by atoms with Gasteiger partial charge in [-0.25, -0.2) is 15.0 Å². The largest absolute Gasteiger partial charge is 0.497 e. The fourth-order valence-corrected chi connectivity index (χ4v) is 2.95. The molecule has 0 bridgehead atoms. The Labute approximate surface area is 157 Å². The zero-order valence-electron chi connectivity index (χ0n) is 13.8. The molecule has 0 aliphatic rings. The fourth-order valence-electron chi connectivity index (χ4n) is 2.62. The fraction of sp³-hybridized carbons (Fsp3) is 0.111. The molecule has 4 aromatic rings. The van der Waals surface area contributed by atoms with E-state index in [2.05, 4.69) is 41.2 Å². The lowest BCUT2D eigenvalue weighted by Gasteiger charge is -2.05. The van der Waals surface area contributed by atoms with Crippen LogP contribution in [0, 0.1) is 0 Å². The van der Waals surface area contributed by atoms with Crippen LogP contribution in [0.4, 0.5) is 0 Å². The van der Waals surface area contributed by atoms with E-state index in [0.717, 1.165) is 26.6 Å². The molecule has 130 valence electrons. The molecule has 26 heavy (non-hydrogen) atoms. The summed E-state index contributed by atoms with van der Waals surface area (Å²) >= 11 is 3.37. The number of fused-ring (bicyclic) bond motifs is 2. The number of benzene rings is 1. The van der Waals surface area contributed by atoms with Gasteiger partial charge < -0.3 is 15.0 Å². The zero-order valence-corrected chi connectivity index (χ0v) is 15.4. The lowest BCUT2D eigenvalue weighted by Crippen LogP contribution is -2.24. The van der Waals surface area contributed by atoms with Crippen LogP contribution < -0.4 is 10.1 Å². The van der Waals surface area contributed by atoms with E-state index in [1.165, 1.54) is 0 Å². The predicted molar refractivity (Wildman–Crippen MR) is 101 cm³/mol. The Kier molecular flexibility index (Phi) is 4.26. The highest BCUT2D eigenvalue weighted by Crippen LogP contribution is 2.19. The molecule has 0 fully saturated rings. The summed E-state index contributed by atoms with van der Waals surface area (Å²) in [4.78, 5) is 28.5. The highest BCUT2D eigenvalue weighted by atomic mass is 79.9. The van der Waals surface area contributed by atoms with E-state index >= 15 is 0 Å². The van der Waals surface area contributed by atoms with Crippen LogP contribution in [0.3, 0.4) is 0 Å². The number of carbonyl (C=O) groups is 1. The van der Waals surface area contributed by atoms with Gasteiger partial charge in [-0.2, -0.15) is 0 Å². The number of methoxy groups -OCH3 is 1. The van der Waals surface area contributed by atoms with Gasteiger partial charge in [0, 0.05) is 16.1 Å². The van der Waals surface area contributed by atoms with Crippen molar-refractivity contribution < 1.29 is 9.53 Å². The van der Waals surface area contributed by atoms with Crippen LogP contribution in [0.2, 0.25) is 0 Å². The molecule has 0 unspecified atom stereocenters. The van der Waals surface area contributed by atoms with Crippen LogP contribution >= 0.6 is 15.9 Å². The number of nitrogens with zero attached hydrogens (tertiary/aromatic N) is 3. The van der Waals surface area contributed by atoms with Crippen LogP contribution in [0.1, 0.15) is 16.3 Å². The number of imidazole rings is 1. The number of carbonyl (C=O) groups excluding carboxylic acids is 1. The van der Waals surface area contributed by atoms with Gasteiger partial charge >= 0.3 is 0 Å². The summed E-state index contributed by atoms with van der Waals surface area (Å²) in [5.74, 6) is 1.11. The maximum atomic E-state index is 12.4. The summed E-state index contributed by atoms with van der Waals surface area (Å²) in [5.41, 5.74) is 2.49. The van der Waals surface area contributed by atoms with Gasteiger partial charge in [-0.05, 0) is 46.3 Å². The van der Waals surface area contributed by atoms with Crippen molar-refractivity contribution in [2.45, 2.75) is 6.54 Å². The first-order valence-corrected chi connectivity index (χ1v) is 8.65. The van der Waals surface area contributed by atoms with Crippen molar-refractivity contribution in [3.63, 3.8) is 0 Å². The number of aromatic nitrogens is 4. The summed E-state index contributed by atoms with van der Waals surface area (Å²) in [5, 5.41) is 3.73. The Morgan fingerprint density at radius 1 is 1.23 bits per heavy atom. The molecule has 7 nitrogen and oxygen atoms in total. The Hall–Kier alpha value is -3.00. The molecule has 2 N–H and O–H groups in total. The normalized spacial score (nSPS) is 11.0. The van der Waals surface area contributed by atoms with Crippen LogP contribution in [0.25, 0.3) is 22.1 Å². The number of halogens is 1. The van der Waals surface area contributed by atoms with Crippen LogP contribution in [-0.4, -0.2) is 33.0 Å². The van der Waals surface area contributed by atoms with Crippen LogP contribution in [-0.2, 0) is 6.54 Å². The lowest BCUT2D eigenvalue weighted by molar-refractivity contribution is 0.0945. The molecular weight excluding hydrogens is 398 g/mol. The third kappa shape index (κ3) is 3.23. The molecule has 8 heteroatoms. The third-order valence-electron chi connectivity index (χ3n) is 3.90. The number of hydrogen-bond acceptors (Lipinski definition) is 5. The number of H-pyrrole nitrogens is 1. The number of amides is 1. The van der Waals surface area contributed by atoms with Gasteiger partial charge in [0.05, 0.1) is 24.7 Å². The molecule has 0 aliphatic carbocycles. The van der Waals surface area contributed by atoms with Crippen molar-refractivity contribution in [2.75, 3.05) is 7.11 Å². The lowest BCUT2D eigenvalue weighted by atomic mass is 10.2. The van der Waals surface area contributed by atoms with Gasteiger partial charge in [-0.15, -0.1) is 0 Å². The first kappa shape index (κ1) is 16.5. The minimum absolute atomic E-state index is 0.259. The van der Waals surface area contributed by atoms with Gasteiger partial charge in [-0.3, -0.25) is 4.79 Å². The van der Waals surface area contributed by atoms with Crippen molar-refractivity contribution in [3.8, 4) is 5.75 Å². The van der Waals surface area contributed by atoms with Gasteiger partial charge in [0.1, 0.15) is 17.3 Å². The maximum absolute atomic E-state index is 12.4. The Bertz CT molecular complexity index is 1130. The minimum atomic E-state index is -0.266. The van der Waals surface area contributed by atoms with E-state index in [0.29, 0.717) is 17.2 Å². The number of nitrogens with one attached hydrogen (secondary N) is 2. The molecule has 0 saturated carbocycles. The Balaban J connectivity index is 1.50. The Morgan fingerprint density at radius 3 is 2.96 bits per heavy atom. The number of aromatic amines is 1. The molecule has 4 rings (SSSR count). The zero-order chi connectivity index (χ0) is 18.1. The molecule has 0 spiro atoms. The van der Waals surface area contributed by atoms with Crippen molar-refractivity contribution >= 4 is 43.9 Å². The molecule has 3 heterocycles. The summed E-state index contributed by atoms with van der Waals surface area (Å²) in [7, 11) is 1.61. The van der Waals surface area contributed by atoms with Crippen LogP contribution in [0.15, 0.2) is 47.1 Å². The predicted octanol–water partition coefficient (Wildman–Crippen LogP) is 3.21. The van der Waals surface area contributed by atoms with Crippen molar-refractivity contribution in [1.29, 1.82) is 0 Å². The molecule has 3 aromatic heterocycles. The second kappa shape index (κ2) is 6.72. The van der Waals surface area contributed by atoms with Crippen molar-refractivity contribution in [1.82, 2.24) is 25.3 Å². The maximum Gasteiger partial charge on any atom is 0.270 e. The van der Waals surface area contributed by atoms with Gasteiger partial charge in [-0.1, -0.05) is 6.07 Å². The molecule has 0 atom stereocenters. The van der Waals surface area contributed by atoms with E-state index < -0.39 is 0 Å². The SMILES string of the molecule is COc1ccc2nc(C(=O)NCc3nc4ncc(Br)cc4[nH]3)ccc2c1. The monoisotopic (exact) mass is 411 g/mol. The molecule has 1 aromatic carbocycles. The smallest absolute Gasteiger partial charge is 0.270 e. The summed E-state index contributed by atoms with van der Waals surface area (Å²) < 4.78 is 6.06. The topological polar surface area (TPSA) is 92.8 Å². The average molecular weight is 412 g/mol. The van der Waals surface area contributed by atoms with E-state index in [9.17, 15) is 4.79 Å². The molecule has 0 radical (unpaired) electrons. The summed E-state index contributed by atoms with van der Waals surface area (Å²) in [6.07, 6.45) is 1.68. The van der Waals surface area contributed by atoms with E-state index in [1.807, 2.05) is 30.3 Å². The van der Waals surface area contributed by atoms with Crippen LogP contribution in [0.5, 0.6) is 5.75 Å². The quantitative estimate of drug-likeness (QED) is 0.537. The average Bonchev–Trinajstić information content (AvgIpc) is 3.07. The highest BCUT2D eigenvalue weighted by Gasteiger charge is 2.10. The second-order valence-corrected chi connectivity index (χ2v) is 6.56. The molecule has 0 aliphatic heterocycles. The van der Waals surface area contributed by atoms with Gasteiger partial charge in [0.2, 0.25) is 0 Å². The molecular formula is C18H14BrN5O2. The number of ether oxygens (including phenoxy) is 1. The first-order valence-electron chi connectivity index (χ1n) is 7.85. The standard InChI is InChI=1S/C18H14BrN5O2/c1-26-12-3-5-13-10(6-12)2-4-14(22-13)18(25)21-9-16-23-15-7-11(19)8-20-17(15)24-16/h2-8H,9H2,1H3,(H,21,25)(H,20,23,24). The van der Waals surface area contributed by atoms with Crippen molar-refractivity contribution in [2.24, 2.45) is 0 Å². The van der Waals surface area contributed by atoms with E-state index in [-0.39, 0.29) is 12.5 Å². The Morgan fingerprint density at radius 2 is 2.12 bits per heavy atom. The minimum Gasteiger partial charge on any atom is -0.497 e. The first-order chi connectivity index (χ1) is 12.6. The highest BCUT2D eigenvalue weighted by molar-refractivity contribution is 9.10. The van der Waals surface area contributed by atoms with Crippen molar-refractivity contribution in [3.05, 3.63) is 58.6 Å².